The fraction of sp³-hybridized carbons (Fsp3) is 0.125. The third kappa shape index (κ3) is 2.27. The highest BCUT2D eigenvalue weighted by Gasteiger charge is 2.16. The maximum atomic E-state index is 5.78. The van der Waals surface area contributed by atoms with Gasteiger partial charge in [-0.2, -0.15) is 0 Å². The van der Waals surface area contributed by atoms with E-state index in [4.69, 9.17) is 5.84 Å². The first-order valence-corrected chi connectivity index (χ1v) is 6.52. The zero-order valence-corrected chi connectivity index (χ0v) is 11.2. The molecule has 3 aromatic rings. The molecule has 1 atom stereocenters. The van der Waals surface area contributed by atoms with E-state index in [9.17, 15) is 0 Å². The molecule has 1 unspecified atom stereocenters. The Kier molecular flexibility index (Phi) is 3.41. The third-order valence-electron chi connectivity index (χ3n) is 3.38. The Morgan fingerprint density at radius 2 is 1.85 bits per heavy atom. The van der Waals surface area contributed by atoms with Gasteiger partial charge in [-0.25, -0.2) is 5.43 Å². The highest BCUT2D eigenvalue weighted by Crippen LogP contribution is 2.26. The fourth-order valence-electron chi connectivity index (χ4n) is 2.46. The molecule has 3 N–H and O–H groups in total. The van der Waals surface area contributed by atoms with Gasteiger partial charge in [-0.3, -0.25) is 15.8 Å². The molecule has 0 amide bonds. The lowest BCUT2D eigenvalue weighted by atomic mass is 9.96. The molecule has 100 valence electrons. The summed E-state index contributed by atoms with van der Waals surface area (Å²) < 4.78 is 0. The van der Waals surface area contributed by atoms with E-state index in [1.165, 1.54) is 5.56 Å². The maximum absolute atomic E-state index is 5.78. The van der Waals surface area contributed by atoms with E-state index in [1.54, 1.807) is 12.4 Å². The Balaban J connectivity index is 2.17. The smallest absolute Gasteiger partial charge is 0.0938 e. The molecular formula is C16H16N4. The van der Waals surface area contributed by atoms with Gasteiger partial charge in [0.1, 0.15) is 0 Å². The number of aromatic nitrogens is 2. The lowest BCUT2D eigenvalue weighted by Gasteiger charge is -2.18. The number of rotatable bonds is 3. The van der Waals surface area contributed by atoms with Crippen molar-refractivity contribution >= 4 is 11.0 Å². The SMILES string of the molecule is Cc1cccc(C(NN)c2cccc3nccnc23)c1. The number of aryl methyl sites for hydroxylation is 1. The summed E-state index contributed by atoms with van der Waals surface area (Å²) in [6, 6.07) is 14.2. The van der Waals surface area contributed by atoms with E-state index in [0.717, 1.165) is 22.2 Å². The summed E-state index contributed by atoms with van der Waals surface area (Å²) in [4.78, 5) is 8.78. The summed E-state index contributed by atoms with van der Waals surface area (Å²) in [5, 5.41) is 0. The quantitative estimate of drug-likeness (QED) is 0.563. The molecule has 0 aliphatic heterocycles. The molecule has 20 heavy (non-hydrogen) atoms. The molecule has 4 heteroatoms. The van der Waals surface area contributed by atoms with Crippen molar-refractivity contribution in [3.63, 3.8) is 0 Å². The molecule has 0 fully saturated rings. The highest BCUT2D eigenvalue weighted by atomic mass is 15.2. The van der Waals surface area contributed by atoms with E-state index >= 15 is 0 Å². The average Bonchev–Trinajstić information content (AvgIpc) is 2.48. The summed E-state index contributed by atoms with van der Waals surface area (Å²) in [5.41, 5.74) is 7.98. The van der Waals surface area contributed by atoms with Crippen LogP contribution in [-0.4, -0.2) is 9.97 Å². The second-order valence-electron chi connectivity index (χ2n) is 4.79. The van der Waals surface area contributed by atoms with Crippen molar-refractivity contribution in [2.75, 3.05) is 0 Å². The zero-order chi connectivity index (χ0) is 13.9. The standard InChI is InChI=1S/C16H16N4/c1-11-4-2-5-12(10-11)15(20-17)13-6-3-7-14-16(13)19-9-8-18-14/h2-10,15,20H,17H2,1H3. The average molecular weight is 264 g/mol. The first kappa shape index (κ1) is 12.7. The first-order chi connectivity index (χ1) is 9.79. The van der Waals surface area contributed by atoms with Gasteiger partial charge in [-0.05, 0) is 18.6 Å². The van der Waals surface area contributed by atoms with Crippen LogP contribution in [0, 0.1) is 6.92 Å². The van der Waals surface area contributed by atoms with Crippen LogP contribution in [0.2, 0.25) is 0 Å². The number of nitrogens with zero attached hydrogens (tertiary/aromatic N) is 2. The Hall–Kier alpha value is -2.30. The highest BCUT2D eigenvalue weighted by molar-refractivity contribution is 5.78. The maximum Gasteiger partial charge on any atom is 0.0938 e. The Bertz CT molecular complexity index is 734. The minimum atomic E-state index is -0.102. The molecule has 0 radical (unpaired) electrons. The number of hydrogen-bond donors (Lipinski definition) is 2. The minimum Gasteiger partial charge on any atom is -0.271 e. The minimum absolute atomic E-state index is 0.102. The summed E-state index contributed by atoms with van der Waals surface area (Å²) in [6.07, 6.45) is 3.40. The van der Waals surface area contributed by atoms with Gasteiger partial charge in [-0.15, -0.1) is 0 Å². The molecule has 0 bridgehead atoms. The van der Waals surface area contributed by atoms with Gasteiger partial charge in [0.2, 0.25) is 0 Å². The van der Waals surface area contributed by atoms with E-state index in [1.807, 2.05) is 24.3 Å². The van der Waals surface area contributed by atoms with Crippen molar-refractivity contribution in [2.45, 2.75) is 13.0 Å². The van der Waals surface area contributed by atoms with E-state index in [-0.39, 0.29) is 6.04 Å². The van der Waals surface area contributed by atoms with Crippen LogP contribution in [0.15, 0.2) is 54.9 Å². The van der Waals surface area contributed by atoms with Crippen molar-refractivity contribution in [1.82, 2.24) is 15.4 Å². The summed E-state index contributed by atoms with van der Waals surface area (Å²) in [5.74, 6) is 5.78. The Labute approximate surface area is 117 Å². The van der Waals surface area contributed by atoms with Crippen LogP contribution >= 0.6 is 0 Å². The van der Waals surface area contributed by atoms with Crippen molar-refractivity contribution in [2.24, 2.45) is 5.84 Å². The molecule has 0 saturated heterocycles. The van der Waals surface area contributed by atoms with Crippen molar-refractivity contribution in [3.8, 4) is 0 Å². The molecule has 1 heterocycles. The molecule has 3 rings (SSSR count). The number of hydrazine groups is 1. The lowest BCUT2D eigenvalue weighted by Crippen LogP contribution is -2.29. The normalized spacial score (nSPS) is 12.5. The largest absolute Gasteiger partial charge is 0.271 e. The van der Waals surface area contributed by atoms with Crippen molar-refractivity contribution < 1.29 is 0 Å². The predicted molar refractivity (Wildman–Crippen MR) is 79.9 cm³/mol. The second-order valence-corrected chi connectivity index (χ2v) is 4.79. The molecule has 0 aliphatic carbocycles. The number of nitrogens with one attached hydrogen (secondary N) is 1. The second kappa shape index (κ2) is 5.36. The van der Waals surface area contributed by atoms with Gasteiger partial charge in [0.25, 0.3) is 0 Å². The number of hydrogen-bond acceptors (Lipinski definition) is 4. The van der Waals surface area contributed by atoms with Gasteiger partial charge in [-0.1, -0.05) is 42.0 Å². The van der Waals surface area contributed by atoms with E-state index < -0.39 is 0 Å². The number of para-hydroxylation sites is 1. The molecule has 1 aromatic heterocycles. The zero-order valence-electron chi connectivity index (χ0n) is 11.2. The van der Waals surface area contributed by atoms with Gasteiger partial charge in [0.15, 0.2) is 0 Å². The van der Waals surface area contributed by atoms with Gasteiger partial charge >= 0.3 is 0 Å². The van der Waals surface area contributed by atoms with Crippen LogP contribution in [0.25, 0.3) is 11.0 Å². The van der Waals surface area contributed by atoms with Crippen molar-refractivity contribution in [3.05, 3.63) is 71.5 Å². The predicted octanol–water partition coefficient (Wildman–Crippen LogP) is 2.49. The monoisotopic (exact) mass is 264 g/mol. The fourth-order valence-corrected chi connectivity index (χ4v) is 2.46. The third-order valence-corrected chi connectivity index (χ3v) is 3.38. The van der Waals surface area contributed by atoms with Crippen LogP contribution in [0.5, 0.6) is 0 Å². The van der Waals surface area contributed by atoms with Gasteiger partial charge < -0.3 is 0 Å². The first-order valence-electron chi connectivity index (χ1n) is 6.52. The van der Waals surface area contributed by atoms with Crippen molar-refractivity contribution in [1.29, 1.82) is 0 Å². The van der Waals surface area contributed by atoms with Gasteiger partial charge in [0, 0.05) is 18.0 Å². The number of nitrogens with two attached hydrogens (primary N) is 1. The Morgan fingerprint density at radius 1 is 1.05 bits per heavy atom. The van der Waals surface area contributed by atoms with Gasteiger partial charge in [0.05, 0.1) is 17.1 Å². The van der Waals surface area contributed by atoms with E-state index in [2.05, 4.69) is 40.5 Å². The Morgan fingerprint density at radius 3 is 2.65 bits per heavy atom. The number of benzene rings is 2. The molecule has 0 spiro atoms. The molecule has 0 aliphatic rings. The number of fused-ring (bicyclic) bond motifs is 1. The summed E-state index contributed by atoms with van der Waals surface area (Å²) in [6.45, 7) is 2.07. The lowest BCUT2D eigenvalue weighted by molar-refractivity contribution is 0.639. The van der Waals surface area contributed by atoms with Crippen LogP contribution in [0.1, 0.15) is 22.7 Å². The molecule has 0 saturated carbocycles. The summed E-state index contributed by atoms with van der Waals surface area (Å²) in [7, 11) is 0. The van der Waals surface area contributed by atoms with Crippen LogP contribution < -0.4 is 11.3 Å². The van der Waals surface area contributed by atoms with Crippen LogP contribution in [0.3, 0.4) is 0 Å². The molecular weight excluding hydrogens is 248 g/mol. The van der Waals surface area contributed by atoms with Crippen LogP contribution in [0.4, 0.5) is 0 Å². The van der Waals surface area contributed by atoms with Crippen LogP contribution in [-0.2, 0) is 0 Å². The molecule has 2 aromatic carbocycles. The molecule has 4 nitrogen and oxygen atoms in total. The van der Waals surface area contributed by atoms with E-state index in [0.29, 0.717) is 0 Å². The topological polar surface area (TPSA) is 63.8 Å². The summed E-state index contributed by atoms with van der Waals surface area (Å²) >= 11 is 0.